The number of rotatable bonds is 12. The van der Waals surface area contributed by atoms with Crippen LogP contribution in [0.4, 0.5) is 0 Å². The second-order valence-corrected chi connectivity index (χ2v) is 6.64. The van der Waals surface area contributed by atoms with Crippen LogP contribution in [0.5, 0.6) is 0 Å². The van der Waals surface area contributed by atoms with E-state index >= 15 is 0 Å². The van der Waals surface area contributed by atoms with Gasteiger partial charge in [-0.05, 0) is 13.8 Å². The molecule has 32 heavy (non-hydrogen) atoms. The summed E-state index contributed by atoms with van der Waals surface area (Å²) >= 11 is 0. The summed E-state index contributed by atoms with van der Waals surface area (Å²) in [6.07, 6.45) is -6.58. The first-order valence-corrected chi connectivity index (χ1v) is 9.94. The Labute approximate surface area is 186 Å². The molecule has 0 aliphatic heterocycles. The van der Waals surface area contributed by atoms with Crippen molar-refractivity contribution < 1.29 is 52.5 Å². The lowest BCUT2D eigenvalue weighted by molar-refractivity contribution is -0.205. The van der Waals surface area contributed by atoms with E-state index in [-0.39, 0.29) is 13.1 Å². The maximum absolute atomic E-state index is 13.1. The molecule has 0 radical (unpaired) electrons. The first-order chi connectivity index (χ1) is 14.8. The Morgan fingerprint density at radius 2 is 1.06 bits per heavy atom. The summed E-state index contributed by atoms with van der Waals surface area (Å²) in [4.78, 5) is 72.8. The fraction of sp³-hybridized carbons (Fsp3) is 0.700. The van der Waals surface area contributed by atoms with Gasteiger partial charge < -0.3 is 28.6 Å². The third-order valence-electron chi connectivity index (χ3n) is 3.97. The molecule has 0 N–H and O–H groups in total. The largest absolute Gasteiger partial charge is 0.462 e. The summed E-state index contributed by atoms with van der Waals surface area (Å²) in [5, 5.41) is 0. The van der Waals surface area contributed by atoms with Crippen molar-refractivity contribution in [3.63, 3.8) is 0 Å². The SMILES string of the molecule is CCN(CC)C(=O)C(OC(C)=O)C(OC(C)=O)C(OC(C)=O)C(COC(C)=O)OC(C)=O. The van der Waals surface area contributed by atoms with Crippen LogP contribution in [0.2, 0.25) is 0 Å². The lowest BCUT2D eigenvalue weighted by atomic mass is 10.0. The standard InChI is InChI=1S/C20H31NO11/c1-8-21(9-2)20(27)19(32-15(7)26)18(31-14(6)25)17(30-13(5)24)16(29-12(4)23)10-28-11(3)22/h16-19H,8-10H2,1-7H3. The average molecular weight is 461 g/mol. The van der Waals surface area contributed by atoms with Crippen LogP contribution in [-0.4, -0.2) is 84.8 Å². The van der Waals surface area contributed by atoms with Crippen molar-refractivity contribution in [3.8, 4) is 0 Å². The van der Waals surface area contributed by atoms with Crippen molar-refractivity contribution in [2.45, 2.75) is 72.9 Å². The topological polar surface area (TPSA) is 152 Å². The summed E-state index contributed by atoms with van der Waals surface area (Å²) in [5.41, 5.74) is 0. The highest BCUT2D eigenvalue weighted by atomic mass is 16.6. The molecule has 0 aliphatic rings. The van der Waals surface area contributed by atoms with Crippen LogP contribution in [0, 0.1) is 0 Å². The number of nitrogens with zero attached hydrogens (tertiary/aromatic N) is 1. The summed E-state index contributed by atoms with van der Waals surface area (Å²) in [5.74, 6) is -4.96. The van der Waals surface area contributed by atoms with E-state index in [0.29, 0.717) is 0 Å². The number of esters is 5. The van der Waals surface area contributed by atoms with Crippen molar-refractivity contribution in [2.75, 3.05) is 19.7 Å². The summed E-state index contributed by atoms with van der Waals surface area (Å²) < 4.78 is 25.6. The number of hydrogen-bond acceptors (Lipinski definition) is 11. The Bertz CT molecular complexity index is 702. The maximum Gasteiger partial charge on any atom is 0.303 e. The van der Waals surface area contributed by atoms with Crippen LogP contribution in [0.3, 0.4) is 0 Å². The predicted octanol–water partition coefficient (Wildman–Crippen LogP) is 0.145. The van der Waals surface area contributed by atoms with E-state index in [1.54, 1.807) is 13.8 Å². The van der Waals surface area contributed by atoms with Gasteiger partial charge in [-0.25, -0.2) is 0 Å². The first kappa shape index (κ1) is 28.8. The second kappa shape index (κ2) is 14.0. The maximum atomic E-state index is 13.1. The monoisotopic (exact) mass is 461 g/mol. The van der Waals surface area contributed by atoms with Crippen LogP contribution in [0.1, 0.15) is 48.5 Å². The zero-order valence-electron chi connectivity index (χ0n) is 19.4. The second-order valence-electron chi connectivity index (χ2n) is 6.64. The zero-order chi connectivity index (χ0) is 25.0. The van der Waals surface area contributed by atoms with Gasteiger partial charge in [0.1, 0.15) is 6.61 Å². The van der Waals surface area contributed by atoms with E-state index in [0.717, 1.165) is 34.6 Å². The van der Waals surface area contributed by atoms with E-state index < -0.39 is 66.8 Å². The van der Waals surface area contributed by atoms with Gasteiger partial charge in [-0.15, -0.1) is 0 Å². The van der Waals surface area contributed by atoms with Gasteiger partial charge in [-0.3, -0.25) is 28.8 Å². The molecule has 0 heterocycles. The fourth-order valence-corrected chi connectivity index (χ4v) is 2.80. The molecule has 0 saturated heterocycles. The van der Waals surface area contributed by atoms with Crippen molar-refractivity contribution in [3.05, 3.63) is 0 Å². The lowest BCUT2D eigenvalue weighted by Crippen LogP contribution is -2.57. The van der Waals surface area contributed by atoms with Gasteiger partial charge in [0.05, 0.1) is 0 Å². The van der Waals surface area contributed by atoms with Crippen LogP contribution in [0.15, 0.2) is 0 Å². The quantitative estimate of drug-likeness (QED) is 0.288. The summed E-state index contributed by atoms with van der Waals surface area (Å²) in [7, 11) is 0. The number of hydrogen-bond donors (Lipinski definition) is 0. The molecule has 4 unspecified atom stereocenters. The Balaban J connectivity index is 6.56. The molecule has 0 aromatic carbocycles. The van der Waals surface area contributed by atoms with Crippen LogP contribution in [0.25, 0.3) is 0 Å². The third kappa shape index (κ3) is 10.2. The normalized spacial score (nSPS) is 14.1. The van der Waals surface area contributed by atoms with Gasteiger partial charge in [0.15, 0.2) is 18.3 Å². The van der Waals surface area contributed by atoms with Gasteiger partial charge in [0.2, 0.25) is 6.10 Å². The lowest BCUT2D eigenvalue weighted by Gasteiger charge is -2.36. The van der Waals surface area contributed by atoms with E-state index in [9.17, 15) is 28.8 Å². The molecule has 0 bridgehead atoms. The molecule has 0 aromatic heterocycles. The third-order valence-corrected chi connectivity index (χ3v) is 3.97. The molecule has 182 valence electrons. The highest BCUT2D eigenvalue weighted by molar-refractivity contribution is 5.84. The van der Waals surface area contributed by atoms with Gasteiger partial charge in [-0.1, -0.05) is 0 Å². The summed E-state index contributed by atoms with van der Waals surface area (Å²) in [6, 6.07) is 0. The molecule has 4 atom stereocenters. The molecule has 0 fully saturated rings. The molecule has 0 aromatic rings. The van der Waals surface area contributed by atoms with Gasteiger partial charge in [0, 0.05) is 47.7 Å². The minimum absolute atomic E-state index is 0.235. The molecule has 12 heteroatoms. The van der Waals surface area contributed by atoms with E-state index in [2.05, 4.69) is 0 Å². The molecule has 12 nitrogen and oxygen atoms in total. The van der Waals surface area contributed by atoms with Crippen molar-refractivity contribution in [1.29, 1.82) is 0 Å². The van der Waals surface area contributed by atoms with E-state index in [1.807, 2.05) is 0 Å². The zero-order valence-corrected chi connectivity index (χ0v) is 19.4. The van der Waals surface area contributed by atoms with Crippen molar-refractivity contribution in [1.82, 2.24) is 4.90 Å². The Morgan fingerprint density at radius 1 is 0.625 bits per heavy atom. The van der Waals surface area contributed by atoms with Crippen LogP contribution < -0.4 is 0 Å². The number of amides is 1. The molecule has 0 rings (SSSR count). The van der Waals surface area contributed by atoms with E-state index in [1.165, 1.54) is 4.90 Å². The molecular formula is C20H31NO11. The van der Waals surface area contributed by atoms with Gasteiger partial charge in [-0.2, -0.15) is 0 Å². The number of carbonyl (C=O) groups excluding carboxylic acids is 6. The molecule has 0 aliphatic carbocycles. The van der Waals surface area contributed by atoms with E-state index in [4.69, 9.17) is 23.7 Å². The van der Waals surface area contributed by atoms with Gasteiger partial charge >= 0.3 is 29.8 Å². The van der Waals surface area contributed by atoms with Crippen molar-refractivity contribution >= 4 is 35.8 Å². The number of ether oxygens (including phenoxy) is 5. The molecule has 0 spiro atoms. The van der Waals surface area contributed by atoms with Gasteiger partial charge in [0.25, 0.3) is 5.91 Å². The number of likely N-dealkylation sites (N-methyl/N-ethyl adjacent to an activating group) is 1. The predicted molar refractivity (Wildman–Crippen MR) is 107 cm³/mol. The highest BCUT2D eigenvalue weighted by Gasteiger charge is 2.47. The Kier molecular flexibility index (Phi) is 12.6. The smallest absolute Gasteiger partial charge is 0.303 e. The molecular weight excluding hydrogens is 430 g/mol. The van der Waals surface area contributed by atoms with Crippen LogP contribution >= 0.6 is 0 Å². The minimum Gasteiger partial charge on any atom is -0.462 e. The minimum atomic E-state index is -1.74. The Hall–Kier alpha value is -3.18. The molecule has 0 saturated carbocycles. The fourth-order valence-electron chi connectivity index (χ4n) is 2.80. The highest BCUT2D eigenvalue weighted by Crippen LogP contribution is 2.21. The average Bonchev–Trinajstić information content (AvgIpc) is 2.66. The molecule has 1 amide bonds. The first-order valence-electron chi connectivity index (χ1n) is 9.94. The number of carbonyl (C=O) groups is 6. The van der Waals surface area contributed by atoms with Crippen molar-refractivity contribution in [2.24, 2.45) is 0 Å². The Morgan fingerprint density at radius 3 is 1.44 bits per heavy atom. The summed E-state index contributed by atoms with van der Waals surface area (Å²) in [6.45, 7) is 8.49. The van der Waals surface area contributed by atoms with Crippen LogP contribution in [-0.2, 0) is 52.5 Å².